The van der Waals surface area contributed by atoms with Crippen molar-refractivity contribution in [1.29, 1.82) is 0 Å². The van der Waals surface area contributed by atoms with E-state index >= 15 is 0 Å². The summed E-state index contributed by atoms with van der Waals surface area (Å²) in [6.07, 6.45) is 3.66. The Morgan fingerprint density at radius 1 is 1.11 bits per heavy atom. The van der Waals surface area contributed by atoms with E-state index in [4.69, 9.17) is 9.73 Å². The Morgan fingerprint density at radius 2 is 1.84 bits per heavy atom. The highest BCUT2D eigenvalue weighted by molar-refractivity contribution is 6.01. The van der Waals surface area contributed by atoms with Crippen LogP contribution in [0.4, 0.5) is 0 Å². The van der Waals surface area contributed by atoms with Crippen LogP contribution in [0.25, 0.3) is 0 Å². The van der Waals surface area contributed by atoms with Gasteiger partial charge in [0.2, 0.25) is 0 Å². The number of aliphatic imine (C=N–C) groups is 1. The van der Waals surface area contributed by atoms with Crippen LogP contribution in [0, 0.1) is 5.92 Å². The predicted octanol–water partition coefficient (Wildman–Crippen LogP) is 4.34. The predicted molar refractivity (Wildman–Crippen MR) is 83.0 cm³/mol. The van der Waals surface area contributed by atoms with E-state index in [2.05, 4.69) is 45.0 Å². The number of unbranched alkanes of at least 4 members (excludes halogenated alkanes) is 2. The molecule has 2 nitrogen and oxygen atoms in total. The van der Waals surface area contributed by atoms with E-state index in [-0.39, 0.29) is 0 Å². The normalized spacial score (nSPS) is 12.1. The molecule has 0 aliphatic carbocycles. The van der Waals surface area contributed by atoms with Crippen molar-refractivity contribution in [2.45, 2.75) is 40.0 Å². The third-order valence-corrected chi connectivity index (χ3v) is 3.03. The van der Waals surface area contributed by atoms with Crippen LogP contribution in [-0.2, 0) is 4.74 Å². The van der Waals surface area contributed by atoms with Crippen molar-refractivity contribution in [1.82, 2.24) is 0 Å². The molecule has 0 atom stereocenters. The summed E-state index contributed by atoms with van der Waals surface area (Å²) in [4.78, 5) is 4.70. The summed E-state index contributed by atoms with van der Waals surface area (Å²) in [5.41, 5.74) is 2.40. The van der Waals surface area contributed by atoms with Crippen LogP contribution in [0.2, 0.25) is 0 Å². The Hall–Kier alpha value is -1.15. The van der Waals surface area contributed by atoms with E-state index in [1.807, 2.05) is 6.07 Å². The summed E-state index contributed by atoms with van der Waals surface area (Å²) in [6, 6.07) is 10.4. The molecule has 0 saturated heterocycles. The van der Waals surface area contributed by atoms with Crippen molar-refractivity contribution < 1.29 is 4.74 Å². The second-order valence-electron chi connectivity index (χ2n) is 5.11. The van der Waals surface area contributed by atoms with Crippen LogP contribution in [0.1, 0.15) is 45.6 Å². The molecule has 0 amide bonds. The quantitative estimate of drug-likeness (QED) is 0.478. The first-order chi connectivity index (χ1) is 9.25. The van der Waals surface area contributed by atoms with Crippen LogP contribution in [0.3, 0.4) is 0 Å². The topological polar surface area (TPSA) is 21.6 Å². The molecule has 0 heterocycles. The molecule has 1 aromatic carbocycles. The van der Waals surface area contributed by atoms with Crippen molar-refractivity contribution >= 4 is 5.71 Å². The number of nitrogens with zero attached hydrogens (tertiary/aromatic N) is 1. The van der Waals surface area contributed by atoms with Gasteiger partial charge < -0.3 is 4.74 Å². The molecule has 0 fully saturated rings. The monoisotopic (exact) mass is 261 g/mol. The van der Waals surface area contributed by atoms with Crippen molar-refractivity contribution in [2.75, 3.05) is 19.8 Å². The second kappa shape index (κ2) is 9.74. The van der Waals surface area contributed by atoms with Gasteiger partial charge in [0.05, 0.1) is 13.2 Å². The Labute approximate surface area is 117 Å². The summed E-state index contributed by atoms with van der Waals surface area (Å²) >= 11 is 0. The first-order valence-corrected chi connectivity index (χ1v) is 7.43. The van der Waals surface area contributed by atoms with E-state index in [0.29, 0.717) is 5.92 Å². The molecule has 0 aromatic heterocycles. The van der Waals surface area contributed by atoms with Crippen LogP contribution < -0.4 is 0 Å². The van der Waals surface area contributed by atoms with E-state index in [1.165, 1.54) is 24.1 Å². The molecule has 0 saturated carbocycles. The summed E-state index contributed by atoms with van der Waals surface area (Å²) in [5.74, 6) is 0.447. The maximum atomic E-state index is 5.59. The Morgan fingerprint density at radius 3 is 2.47 bits per heavy atom. The molecule has 0 N–H and O–H groups in total. The van der Waals surface area contributed by atoms with Gasteiger partial charge in [0.15, 0.2) is 0 Å². The molecule has 1 rings (SSSR count). The lowest BCUT2D eigenvalue weighted by atomic mass is 10.00. The first kappa shape index (κ1) is 15.9. The van der Waals surface area contributed by atoms with E-state index < -0.39 is 0 Å². The molecule has 0 bridgehead atoms. The van der Waals surface area contributed by atoms with Gasteiger partial charge in [-0.15, -0.1) is 0 Å². The fraction of sp³-hybridized carbons (Fsp3) is 0.588. The maximum absolute atomic E-state index is 5.59. The zero-order valence-electron chi connectivity index (χ0n) is 12.6. The lowest BCUT2D eigenvalue weighted by molar-refractivity contribution is 0.137. The molecule has 2 heteroatoms. The number of ether oxygens (including phenoxy) is 1. The van der Waals surface area contributed by atoms with Gasteiger partial charge >= 0.3 is 0 Å². The number of benzene rings is 1. The highest BCUT2D eigenvalue weighted by atomic mass is 16.5. The molecule has 1 aromatic rings. The smallest absolute Gasteiger partial charge is 0.0662 e. The Kier molecular flexibility index (Phi) is 8.15. The molecule has 0 aliphatic heterocycles. The lowest BCUT2D eigenvalue weighted by Gasteiger charge is -2.11. The lowest BCUT2D eigenvalue weighted by Crippen LogP contribution is -2.11. The minimum absolute atomic E-state index is 0.447. The molecule has 0 aliphatic rings. The minimum Gasteiger partial charge on any atom is -0.380 e. The average Bonchev–Trinajstić information content (AvgIpc) is 2.42. The van der Waals surface area contributed by atoms with Gasteiger partial charge in [-0.25, -0.2) is 0 Å². The third-order valence-electron chi connectivity index (χ3n) is 3.03. The SMILES string of the molecule is CCCCCOCCN=C(c1ccccc1)C(C)C. The van der Waals surface area contributed by atoms with Gasteiger partial charge in [0.1, 0.15) is 0 Å². The van der Waals surface area contributed by atoms with Crippen molar-refractivity contribution in [3.05, 3.63) is 35.9 Å². The summed E-state index contributed by atoms with van der Waals surface area (Å²) in [5, 5.41) is 0. The van der Waals surface area contributed by atoms with E-state index in [1.54, 1.807) is 0 Å². The van der Waals surface area contributed by atoms with Gasteiger partial charge in [0.25, 0.3) is 0 Å². The van der Waals surface area contributed by atoms with Crippen LogP contribution in [0.15, 0.2) is 35.3 Å². The summed E-state index contributed by atoms with van der Waals surface area (Å²) in [7, 11) is 0. The van der Waals surface area contributed by atoms with Crippen LogP contribution >= 0.6 is 0 Å². The van der Waals surface area contributed by atoms with E-state index in [0.717, 1.165) is 26.2 Å². The fourth-order valence-corrected chi connectivity index (χ4v) is 2.00. The summed E-state index contributed by atoms with van der Waals surface area (Å²) in [6.45, 7) is 8.94. The molecular weight excluding hydrogens is 234 g/mol. The van der Waals surface area contributed by atoms with Gasteiger partial charge in [-0.3, -0.25) is 4.99 Å². The van der Waals surface area contributed by atoms with Crippen LogP contribution in [0.5, 0.6) is 0 Å². The molecule has 19 heavy (non-hydrogen) atoms. The fourth-order valence-electron chi connectivity index (χ4n) is 2.00. The zero-order chi connectivity index (χ0) is 13.9. The number of hydrogen-bond acceptors (Lipinski definition) is 2. The highest BCUT2D eigenvalue weighted by Crippen LogP contribution is 2.09. The second-order valence-corrected chi connectivity index (χ2v) is 5.11. The van der Waals surface area contributed by atoms with Gasteiger partial charge in [-0.05, 0) is 17.9 Å². The van der Waals surface area contributed by atoms with Gasteiger partial charge in [0, 0.05) is 12.3 Å². The minimum atomic E-state index is 0.447. The molecule has 106 valence electrons. The first-order valence-electron chi connectivity index (χ1n) is 7.43. The largest absolute Gasteiger partial charge is 0.380 e. The maximum Gasteiger partial charge on any atom is 0.0662 e. The molecule has 0 spiro atoms. The summed E-state index contributed by atoms with van der Waals surface area (Å²) < 4.78 is 5.59. The number of hydrogen-bond donors (Lipinski definition) is 0. The Balaban J connectivity index is 2.39. The van der Waals surface area contributed by atoms with Gasteiger partial charge in [-0.2, -0.15) is 0 Å². The van der Waals surface area contributed by atoms with E-state index in [9.17, 15) is 0 Å². The van der Waals surface area contributed by atoms with Crippen molar-refractivity contribution in [3.8, 4) is 0 Å². The molecular formula is C17H27NO. The molecule has 0 unspecified atom stereocenters. The van der Waals surface area contributed by atoms with Crippen molar-refractivity contribution in [2.24, 2.45) is 10.9 Å². The van der Waals surface area contributed by atoms with Crippen LogP contribution in [-0.4, -0.2) is 25.5 Å². The Bertz CT molecular complexity index is 357. The standard InChI is InChI=1S/C17H27NO/c1-4-5-9-13-19-14-12-18-17(15(2)3)16-10-7-6-8-11-16/h6-8,10-11,15H,4-5,9,12-14H2,1-3H3. The van der Waals surface area contributed by atoms with Gasteiger partial charge in [-0.1, -0.05) is 63.9 Å². The molecule has 0 radical (unpaired) electrons. The number of rotatable bonds is 9. The van der Waals surface area contributed by atoms with Crippen molar-refractivity contribution in [3.63, 3.8) is 0 Å². The third kappa shape index (κ3) is 6.53. The zero-order valence-corrected chi connectivity index (χ0v) is 12.6. The average molecular weight is 261 g/mol. The highest BCUT2D eigenvalue weighted by Gasteiger charge is 2.07.